The minimum Gasteiger partial charge on any atom is -0.508 e. The van der Waals surface area contributed by atoms with Crippen LogP contribution < -0.4 is 10.7 Å². The van der Waals surface area contributed by atoms with E-state index in [1.54, 1.807) is 12.1 Å². The molecule has 1 aliphatic heterocycles. The maximum Gasteiger partial charge on any atom is 0.253 e. The molecule has 1 heterocycles. The molecular formula is C18H17N3O3. The molecule has 2 amide bonds. The molecule has 24 heavy (non-hydrogen) atoms. The van der Waals surface area contributed by atoms with Crippen LogP contribution in [0, 0.1) is 5.92 Å². The number of phenolic OH excluding ortho intramolecular Hbond substituents is 1. The van der Waals surface area contributed by atoms with Crippen LogP contribution in [0.25, 0.3) is 0 Å². The number of hydrazone groups is 1. The van der Waals surface area contributed by atoms with E-state index in [0.717, 1.165) is 11.1 Å². The first-order valence-electron chi connectivity index (χ1n) is 7.60. The number of nitrogens with one attached hydrogen (secondary N) is 2. The number of hydrogen-bond acceptors (Lipinski definition) is 4. The van der Waals surface area contributed by atoms with Gasteiger partial charge in [-0.15, -0.1) is 0 Å². The summed E-state index contributed by atoms with van der Waals surface area (Å²) in [5.41, 5.74) is 4.09. The van der Waals surface area contributed by atoms with Crippen LogP contribution in [0.5, 0.6) is 5.75 Å². The van der Waals surface area contributed by atoms with Crippen molar-refractivity contribution in [3.05, 3.63) is 65.7 Å². The number of carbonyl (C=O) groups is 2. The Labute approximate surface area is 139 Å². The monoisotopic (exact) mass is 323 g/mol. The van der Waals surface area contributed by atoms with E-state index in [4.69, 9.17) is 0 Å². The summed E-state index contributed by atoms with van der Waals surface area (Å²) >= 11 is 0. The van der Waals surface area contributed by atoms with Gasteiger partial charge >= 0.3 is 0 Å². The summed E-state index contributed by atoms with van der Waals surface area (Å²) in [6.07, 6.45) is 1.46. The van der Waals surface area contributed by atoms with E-state index in [0.29, 0.717) is 6.54 Å². The zero-order valence-corrected chi connectivity index (χ0v) is 12.8. The first kappa shape index (κ1) is 15.7. The summed E-state index contributed by atoms with van der Waals surface area (Å²) in [5, 5.41) is 15.8. The van der Waals surface area contributed by atoms with Crippen molar-refractivity contribution >= 4 is 18.0 Å². The number of amides is 2. The summed E-state index contributed by atoms with van der Waals surface area (Å²) in [6.45, 7) is 0.433. The minimum absolute atomic E-state index is 0.157. The van der Waals surface area contributed by atoms with Gasteiger partial charge in [0, 0.05) is 12.5 Å². The molecule has 2 aromatic carbocycles. The maximum absolute atomic E-state index is 12.4. The lowest BCUT2D eigenvalue weighted by Gasteiger charge is -2.15. The second kappa shape index (κ2) is 6.95. The standard InChI is InChI=1S/C18H17N3O3/c22-14-8-6-12(7-9-14)10-20-21-18(24)16-15(11-19-17(16)23)13-4-2-1-3-5-13/h1-10,15-16,22H,11H2,(H,19,23)(H,21,24)/b20-10-/t15-,16+/m1/s1. The van der Waals surface area contributed by atoms with E-state index in [2.05, 4.69) is 15.8 Å². The van der Waals surface area contributed by atoms with E-state index in [1.165, 1.54) is 18.3 Å². The van der Waals surface area contributed by atoms with Crippen molar-refractivity contribution in [3.8, 4) is 5.75 Å². The zero-order valence-electron chi connectivity index (χ0n) is 12.8. The topological polar surface area (TPSA) is 90.8 Å². The van der Waals surface area contributed by atoms with E-state index in [-0.39, 0.29) is 17.6 Å². The van der Waals surface area contributed by atoms with Crippen LogP contribution in [-0.2, 0) is 9.59 Å². The Kier molecular flexibility index (Phi) is 4.56. The predicted molar refractivity (Wildman–Crippen MR) is 89.5 cm³/mol. The van der Waals surface area contributed by atoms with Crippen LogP contribution in [0.2, 0.25) is 0 Å². The highest BCUT2D eigenvalue weighted by atomic mass is 16.3. The molecule has 0 radical (unpaired) electrons. The predicted octanol–water partition coefficient (Wildman–Crippen LogP) is 1.37. The molecule has 122 valence electrons. The number of aromatic hydroxyl groups is 1. The van der Waals surface area contributed by atoms with Crippen molar-refractivity contribution in [3.63, 3.8) is 0 Å². The molecule has 6 nitrogen and oxygen atoms in total. The lowest BCUT2D eigenvalue weighted by Crippen LogP contribution is -2.34. The molecule has 0 spiro atoms. The summed E-state index contributed by atoms with van der Waals surface area (Å²) < 4.78 is 0. The third-order valence-electron chi connectivity index (χ3n) is 3.97. The molecule has 1 aliphatic rings. The Morgan fingerprint density at radius 3 is 2.58 bits per heavy atom. The van der Waals surface area contributed by atoms with Gasteiger partial charge in [0.05, 0.1) is 6.21 Å². The van der Waals surface area contributed by atoms with E-state index >= 15 is 0 Å². The number of carbonyl (C=O) groups excluding carboxylic acids is 2. The molecule has 1 saturated heterocycles. The molecule has 0 aliphatic carbocycles. The molecule has 1 fully saturated rings. The Balaban J connectivity index is 1.68. The minimum atomic E-state index is -0.802. The summed E-state index contributed by atoms with van der Waals surface area (Å²) in [4.78, 5) is 24.4. The Morgan fingerprint density at radius 2 is 1.88 bits per heavy atom. The van der Waals surface area contributed by atoms with Gasteiger partial charge in [0.2, 0.25) is 5.91 Å². The van der Waals surface area contributed by atoms with Crippen molar-refractivity contribution in [2.45, 2.75) is 5.92 Å². The van der Waals surface area contributed by atoms with Gasteiger partial charge in [0.1, 0.15) is 11.7 Å². The third kappa shape index (κ3) is 3.43. The molecule has 3 N–H and O–H groups in total. The lowest BCUT2D eigenvalue weighted by atomic mass is 9.88. The summed E-state index contributed by atoms with van der Waals surface area (Å²) in [6, 6.07) is 15.9. The molecule has 2 aromatic rings. The van der Waals surface area contributed by atoms with Gasteiger partial charge in [0.15, 0.2) is 0 Å². The number of phenols is 1. The molecule has 0 aromatic heterocycles. The van der Waals surface area contributed by atoms with Gasteiger partial charge < -0.3 is 10.4 Å². The Morgan fingerprint density at radius 1 is 1.17 bits per heavy atom. The van der Waals surface area contributed by atoms with Crippen molar-refractivity contribution < 1.29 is 14.7 Å². The lowest BCUT2D eigenvalue weighted by molar-refractivity contribution is -0.133. The molecule has 2 atom stereocenters. The fraction of sp³-hybridized carbons (Fsp3) is 0.167. The number of nitrogens with zero attached hydrogens (tertiary/aromatic N) is 1. The van der Waals surface area contributed by atoms with Crippen molar-refractivity contribution in [2.24, 2.45) is 11.0 Å². The van der Waals surface area contributed by atoms with Crippen LogP contribution in [0.1, 0.15) is 17.0 Å². The number of hydrogen-bond donors (Lipinski definition) is 3. The number of rotatable bonds is 4. The molecule has 0 bridgehead atoms. The zero-order chi connectivity index (χ0) is 16.9. The fourth-order valence-corrected chi connectivity index (χ4v) is 2.73. The normalized spacial score (nSPS) is 20.1. The van der Waals surface area contributed by atoms with Crippen LogP contribution >= 0.6 is 0 Å². The maximum atomic E-state index is 12.4. The Bertz CT molecular complexity index is 757. The second-order valence-corrected chi connectivity index (χ2v) is 5.57. The van der Waals surface area contributed by atoms with E-state index in [9.17, 15) is 14.7 Å². The van der Waals surface area contributed by atoms with Crippen LogP contribution in [0.4, 0.5) is 0 Å². The SMILES string of the molecule is O=C1NC[C@H](c2ccccc2)[C@@H]1C(=O)N/N=C\c1ccc(O)cc1. The van der Waals surface area contributed by atoms with Gasteiger partial charge in [0.25, 0.3) is 5.91 Å². The average molecular weight is 323 g/mol. The fourth-order valence-electron chi connectivity index (χ4n) is 2.73. The molecule has 3 rings (SSSR count). The molecule has 6 heteroatoms. The third-order valence-corrected chi connectivity index (χ3v) is 3.97. The number of benzene rings is 2. The van der Waals surface area contributed by atoms with E-state index in [1.807, 2.05) is 30.3 Å². The van der Waals surface area contributed by atoms with E-state index < -0.39 is 11.8 Å². The molecular weight excluding hydrogens is 306 g/mol. The first-order valence-corrected chi connectivity index (χ1v) is 7.60. The van der Waals surface area contributed by atoms with Crippen molar-refractivity contribution in [1.82, 2.24) is 10.7 Å². The highest BCUT2D eigenvalue weighted by molar-refractivity contribution is 6.03. The molecule has 0 saturated carbocycles. The van der Waals surface area contributed by atoms with Gasteiger partial charge in [-0.05, 0) is 35.4 Å². The summed E-state index contributed by atoms with van der Waals surface area (Å²) in [7, 11) is 0. The largest absolute Gasteiger partial charge is 0.508 e. The first-order chi connectivity index (χ1) is 11.6. The van der Waals surface area contributed by atoms with Gasteiger partial charge in [-0.1, -0.05) is 30.3 Å². The average Bonchev–Trinajstić information content (AvgIpc) is 2.99. The highest BCUT2D eigenvalue weighted by Crippen LogP contribution is 2.28. The van der Waals surface area contributed by atoms with Gasteiger partial charge in [-0.2, -0.15) is 5.10 Å². The smallest absolute Gasteiger partial charge is 0.253 e. The van der Waals surface area contributed by atoms with Crippen molar-refractivity contribution in [1.29, 1.82) is 0 Å². The quantitative estimate of drug-likeness (QED) is 0.451. The van der Waals surface area contributed by atoms with Crippen molar-refractivity contribution in [2.75, 3.05) is 6.54 Å². The van der Waals surface area contributed by atoms with Crippen LogP contribution in [0.15, 0.2) is 59.7 Å². The van der Waals surface area contributed by atoms with Crippen LogP contribution in [0.3, 0.4) is 0 Å². The summed E-state index contributed by atoms with van der Waals surface area (Å²) in [5.74, 6) is -1.58. The van der Waals surface area contributed by atoms with Crippen LogP contribution in [-0.4, -0.2) is 29.7 Å². The second-order valence-electron chi connectivity index (χ2n) is 5.57. The molecule has 0 unspecified atom stereocenters. The Hall–Kier alpha value is -3.15. The van der Waals surface area contributed by atoms with Gasteiger partial charge in [-0.3, -0.25) is 9.59 Å². The highest BCUT2D eigenvalue weighted by Gasteiger charge is 2.40. The van der Waals surface area contributed by atoms with Gasteiger partial charge in [-0.25, -0.2) is 5.43 Å².